The normalized spacial score (nSPS) is 12.6. The van der Waals surface area contributed by atoms with E-state index < -0.39 is 17.5 Å². The van der Waals surface area contributed by atoms with E-state index in [0.29, 0.717) is 22.3 Å². The largest absolute Gasteiger partial charge is 0.488 e. The highest BCUT2D eigenvalue weighted by atomic mass is 19.1. The molecule has 1 heterocycles. The third kappa shape index (κ3) is 5.62. The number of anilines is 2. The van der Waals surface area contributed by atoms with Gasteiger partial charge in [-0.25, -0.2) is 8.78 Å². The van der Waals surface area contributed by atoms with Crippen LogP contribution in [0.1, 0.15) is 28.8 Å². The number of hydrogen-bond donors (Lipinski definition) is 1. The molecule has 1 aromatic heterocycles. The van der Waals surface area contributed by atoms with Gasteiger partial charge in [0, 0.05) is 35.3 Å². The minimum atomic E-state index is -0.717. The Hall–Kier alpha value is -5.31. The number of nitrogens with two attached hydrogens (primary N) is 1. The van der Waals surface area contributed by atoms with E-state index in [1.54, 1.807) is 18.2 Å². The third-order valence-corrected chi connectivity index (χ3v) is 6.93. The van der Waals surface area contributed by atoms with Gasteiger partial charge in [0.2, 0.25) is 5.91 Å². The molecule has 0 unspecified atom stereocenters. The van der Waals surface area contributed by atoms with Crippen LogP contribution < -0.4 is 20.1 Å². The fourth-order valence-electron chi connectivity index (χ4n) is 4.62. The molecule has 1 saturated carbocycles. The van der Waals surface area contributed by atoms with Crippen LogP contribution in [0.25, 0.3) is 10.9 Å². The summed E-state index contributed by atoms with van der Waals surface area (Å²) in [5.74, 6) is -1.79. The Balaban J connectivity index is 1.30. The molecule has 2 amide bonds. The molecule has 0 radical (unpaired) electrons. The zero-order chi connectivity index (χ0) is 29.2. The summed E-state index contributed by atoms with van der Waals surface area (Å²) in [6.07, 6.45) is 3.00. The van der Waals surface area contributed by atoms with E-state index in [9.17, 15) is 14.0 Å². The van der Waals surface area contributed by atoms with Gasteiger partial charge in [-0.1, -0.05) is 30.3 Å². The van der Waals surface area contributed by atoms with Crippen molar-refractivity contribution in [3.8, 4) is 17.2 Å². The zero-order valence-electron chi connectivity index (χ0n) is 22.3. The molecule has 2 N–H and O–H groups in total. The molecular formula is C33H25F2N3O4. The molecule has 0 atom stereocenters. The van der Waals surface area contributed by atoms with Gasteiger partial charge in [-0.15, -0.1) is 0 Å². The smallest absolute Gasteiger partial charge is 0.252 e. The van der Waals surface area contributed by atoms with E-state index in [2.05, 4.69) is 4.98 Å². The van der Waals surface area contributed by atoms with Crippen molar-refractivity contribution in [3.05, 3.63) is 120 Å². The van der Waals surface area contributed by atoms with Gasteiger partial charge in [0.15, 0.2) is 11.6 Å². The molecule has 0 saturated heterocycles. The van der Waals surface area contributed by atoms with Gasteiger partial charge in [0.1, 0.15) is 23.9 Å². The van der Waals surface area contributed by atoms with Crippen LogP contribution in [0.3, 0.4) is 0 Å². The number of pyridine rings is 1. The lowest BCUT2D eigenvalue weighted by molar-refractivity contribution is -0.119. The van der Waals surface area contributed by atoms with E-state index in [-0.39, 0.29) is 41.2 Å². The van der Waals surface area contributed by atoms with Crippen molar-refractivity contribution in [2.24, 2.45) is 11.7 Å². The minimum Gasteiger partial charge on any atom is -0.488 e. The number of hydrogen-bond acceptors (Lipinski definition) is 5. The molecule has 0 spiro atoms. The fourth-order valence-corrected chi connectivity index (χ4v) is 4.62. The molecule has 1 aliphatic rings. The number of nitrogens with zero attached hydrogens (tertiary/aromatic N) is 2. The highest BCUT2D eigenvalue weighted by Gasteiger charge is 2.35. The topological polar surface area (TPSA) is 94.8 Å². The zero-order valence-corrected chi connectivity index (χ0v) is 22.3. The predicted molar refractivity (Wildman–Crippen MR) is 154 cm³/mol. The van der Waals surface area contributed by atoms with Gasteiger partial charge in [0.25, 0.3) is 5.91 Å². The van der Waals surface area contributed by atoms with Crippen LogP contribution in [0.4, 0.5) is 20.2 Å². The Morgan fingerprint density at radius 2 is 1.60 bits per heavy atom. The average molecular weight is 566 g/mol. The van der Waals surface area contributed by atoms with Crippen LogP contribution >= 0.6 is 0 Å². The maximum Gasteiger partial charge on any atom is 0.252 e. The number of amides is 2. The first-order valence-electron chi connectivity index (χ1n) is 13.3. The molecule has 42 heavy (non-hydrogen) atoms. The number of fused-ring (bicyclic) bond motifs is 1. The van der Waals surface area contributed by atoms with Crippen molar-refractivity contribution >= 4 is 34.1 Å². The molecule has 1 aliphatic carbocycles. The lowest BCUT2D eigenvalue weighted by atomic mass is 10.1. The summed E-state index contributed by atoms with van der Waals surface area (Å²) in [5, 5.41) is 0.429. The van der Waals surface area contributed by atoms with Crippen molar-refractivity contribution < 1.29 is 27.8 Å². The van der Waals surface area contributed by atoms with Crippen molar-refractivity contribution in [1.82, 2.24) is 4.98 Å². The number of aromatic nitrogens is 1. The Morgan fingerprint density at radius 3 is 2.29 bits per heavy atom. The van der Waals surface area contributed by atoms with E-state index in [1.807, 2.05) is 30.3 Å². The molecule has 6 rings (SSSR count). The fraction of sp³-hybridized carbons (Fsp3) is 0.121. The molecule has 1 fully saturated rings. The van der Waals surface area contributed by atoms with Crippen LogP contribution in [0, 0.1) is 17.6 Å². The Bertz CT molecular complexity index is 1790. The lowest BCUT2D eigenvalue weighted by Crippen LogP contribution is -2.27. The second-order valence-electron chi connectivity index (χ2n) is 9.95. The summed E-state index contributed by atoms with van der Waals surface area (Å²) in [4.78, 5) is 31.2. The lowest BCUT2D eigenvalue weighted by Gasteiger charge is -2.23. The molecule has 210 valence electrons. The number of carbonyl (C=O) groups is 2. The second-order valence-corrected chi connectivity index (χ2v) is 9.95. The monoisotopic (exact) mass is 565 g/mol. The number of carbonyl (C=O) groups excluding carboxylic acids is 2. The predicted octanol–water partition coefficient (Wildman–Crippen LogP) is 7.06. The number of primary amides is 1. The number of halogens is 2. The number of rotatable bonds is 9. The highest BCUT2D eigenvalue weighted by molar-refractivity contribution is 6.03. The van der Waals surface area contributed by atoms with Crippen molar-refractivity contribution in [3.63, 3.8) is 0 Å². The van der Waals surface area contributed by atoms with Crippen LogP contribution in [-0.2, 0) is 11.4 Å². The molecule has 4 aromatic carbocycles. The van der Waals surface area contributed by atoms with Gasteiger partial charge in [0.05, 0.1) is 16.8 Å². The molecule has 5 aromatic rings. The summed E-state index contributed by atoms with van der Waals surface area (Å²) in [7, 11) is 0. The third-order valence-electron chi connectivity index (χ3n) is 6.93. The first kappa shape index (κ1) is 26.9. The maximum absolute atomic E-state index is 15.5. The maximum atomic E-state index is 15.5. The van der Waals surface area contributed by atoms with Crippen LogP contribution in [0.5, 0.6) is 17.2 Å². The highest BCUT2D eigenvalue weighted by Crippen LogP contribution is 2.39. The average Bonchev–Trinajstić information content (AvgIpc) is 3.84. The Morgan fingerprint density at radius 1 is 0.857 bits per heavy atom. The quantitative estimate of drug-likeness (QED) is 0.207. The van der Waals surface area contributed by atoms with Crippen LogP contribution in [0.2, 0.25) is 0 Å². The Kier molecular flexibility index (Phi) is 7.23. The number of ether oxygens (including phenoxy) is 2. The van der Waals surface area contributed by atoms with Gasteiger partial charge in [-0.05, 0) is 66.9 Å². The molecule has 9 heteroatoms. The molecule has 7 nitrogen and oxygen atoms in total. The molecule has 0 aliphatic heterocycles. The van der Waals surface area contributed by atoms with E-state index in [1.165, 1.54) is 53.6 Å². The minimum absolute atomic E-state index is 0.103. The van der Waals surface area contributed by atoms with Gasteiger partial charge in [-0.3, -0.25) is 19.5 Å². The van der Waals surface area contributed by atoms with Gasteiger partial charge in [-0.2, -0.15) is 0 Å². The van der Waals surface area contributed by atoms with E-state index in [4.69, 9.17) is 15.2 Å². The van der Waals surface area contributed by atoms with E-state index >= 15 is 4.39 Å². The van der Waals surface area contributed by atoms with Crippen molar-refractivity contribution in [1.29, 1.82) is 0 Å². The summed E-state index contributed by atoms with van der Waals surface area (Å²) in [5.41, 5.74) is 7.88. The second kappa shape index (κ2) is 11.3. The van der Waals surface area contributed by atoms with Gasteiger partial charge < -0.3 is 15.2 Å². The van der Waals surface area contributed by atoms with Crippen LogP contribution in [-0.4, -0.2) is 16.8 Å². The van der Waals surface area contributed by atoms with Gasteiger partial charge >= 0.3 is 0 Å². The Labute approximate surface area is 240 Å². The van der Waals surface area contributed by atoms with E-state index in [0.717, 1.165) is 18.4 Å². The van der Waals surface area contributed by atoms with Crippen molar-refractivity contribution in [2.45, 2.75) is 19.4 Å². The SMILES string of the molecule is NC(=O)c1cc2c(Oc3ccc(N(C(=O)C4CC4)c4ccc(F)cc4)cc3F)ccnc2cc1OCc1ccccc1. The standard InChI is InChI=1S/C33H25F2N3O4/c34-22-8-10-23(11-9-22)38(33(40)21-6-7-21)24-12-13-30(27(35)16-24)42-29-14-15-37-28-18-31(26(32(36)39)17-25(28)29)41-19-20-4-2-1-3-5-20/h1-5,8-18,21H,6-7,19H2,(H2,36,39). The molecular weight excluding hydrogens is 540 g/mol. The van der Waals surface area contributed by atoms with Crippen LogP contribution in [0.15, 0.2) is 97.2 Å². The van der Waals surface area contributed by atoms with Crippen molar-refractivity contribution in [2.75, 3.05) is 4.90 Å². The summed E-state index contributed by atoms with van der Waals surface area (Å²) < 4.78 is 40.8. The summed E-state index contributed by atoms with van der Waals surface area (Å²) in [6.45, 7) is 0.221. The number of benzene rings is 4. The first-order valence-corrected chi connectivity index (χ1v) is 13.3. The summed E-state index contributed by atoms with van der Waals surface area (Å²) in [6, 6.07) is 23.8. The molecule has 0 bridgehead atoms. The summed E-state index contributed by atoms with van der Waals surface area (Å²) >= 11 is 0. The first-order chi connectivity index (χ1) is 20.4.